The molecule has 4 aliphatic rings. The lowest BCUT2D eigenvalue weighted by molar-refractivity contribution is 0.237. The van der Waals surface area contributed by atoms with Crippen LogP contribution in [0.1, 0.15) is 50.7 Å². The van der Waals surface area contributed by atoms with Gasteiger partial charge in [0, 0.05) is 16.0 Å². The lowest BCUT2D eigenvalue weighted by Crippen LogP contribution is -2.31. The van der Waals surface area contributed by atoms with Gasteiger partial charge in [0.1, 0.15) is 5.44 Å². The minimum Gasteiger partial charge on any atom is -0.381 e. The lowest BCUT2D eigenvalue weighted by Gasteiger charge is -2.43. The van der Waals surface area contributed by atoms with Crippen LogP contribution in [-0.4, -0.2) is 10.5 Å². The minimum absolute atomic E-state index is 0.0849. The van der Waals surface area contributed by atoms with Crippen LogP contribution in [0.4, 0.5) is 0 Å². The van der Waals surface area contributed by atoms with Gasteiger partial charge in [-0.1, -0.05) is 42.5 Å². The third kappa shape index (κ3) is 2.51. The van der Waals surface area contributed by atoms with Crippen LogP contribution < -0.4 is 0 Å². The van der Waals surface area contributed by atoms with Crippen LogP contribution in [0.25, 0.3) is 10.4 Å². The summed E-state index contributed by atoms with van der Waals surface area (Å²) in [5.74, 6) is 0.0849. The summed E-state index contributed by atoms with van der Waals surface area (Å²) in [6, 6.07) is 18.1. The van der Waals surface area contributed by atoms with Gasteiger partial charge in [-0.05, 0) is 62.7 Å². The van der Waals surface area contributed by atoms with Crippen molar-refractivity contribution in [3.63, 3.8) is 0 Å². The Morgan fingerprint density at radius 1 is 0.926 bits per heavy atom. The zero-order valence-corrected chi connectivity index (χ0v) is 17.0. The number of rotatable bonds is 2. The Morgan fingerprint density at radius 3 is 2.67 bits per heavy atom. The van der Waals surface area contributed by atoms with Gasteiger partial charge in [0.05, 0.1) is 5.25 Å². The third-order valence-electron chi connectivity index (χ3n) is 5.86. The normalized spacial score (nSPS) is 27.6. The van der Waals surface area contributed by atoms with Crippen molar-refractivity contribution in [3.8, 4) is 10.4 Å². The van der Waals surface area contributed by atoms with E-state index in [0.717, 1.165) is 6.42 Å². The minimum atomic E-state index is -0.354. The van der Waals surface area contributed by atoms with E-state index in [4.69, 9.17) is 0 Å². The number of hydrogen-bond donors (Lipinski definition) is 1. The van der Waals surface area contributed by atoms with E-state index < -0.39 is 0 Å². The molecule has 4 heterocycles. The number of aliphatic hydroxyl groups excluding tert-OH is 1. The Labute approximate surface area is 171 Å². The molecule has 0 fully saturated rings. The number of aliphatic hydroxyl groups is 1. The summed E-state index contributed by atoms with van der Waals surface area (Å²) < 4.78 is 0. The van der Waals surface area contributed by atoms with E-state index in [1.54, 1.807) is 23.1 Å². The van der Waals surface area contributed by atoms with Gasteiger partial charge in [0.2, 0.25) is 0 Å². The fourth-order valence-corrected chi connectivity index (χ4v) is 7.69. The van der Waals surface area contributed by atoms with E-state index in [1.807, 2.05) is 11.8 Å². The van der Waals surface area contributed by atoms with Crippen molar-refractivity contribution >= 4 is 34.9 Å². The van der Waals surface area contributed by atoms with Crippen molar-refractivity contribution < 1.29 is 5.11 Å². The molecule has 1 nitrogen and oxygen atoms in total. The van der Waals surface area contributed by atoms with Crippen LogP contribution >= 0.6 is 34.9 Å². The topological polar surface area (TPSA) is 20.2 Å². The van der Waals surface area contributed by atoms with E-state index in [9.17, 15) is 5.11 Å². The first kappa shape index (κ1) is 16.5. The fourth-order valence-electron chi connectivity index (χ4n) is 4.59. The van der Waals surface area contributed by atoms with Crippen LogP contribution in [0.5, 0.6) is 0 Å². The fraction of sp³-hybridized carbons (Fsp3) is 0.217. The molecule has 3 aliphatic heterocycles. The van der Waals surface area contributed by atoms with Crippen molar-refractivity contribution in [2.24, 2.45) is 0 Å². The maximum Gasteiger partial charge on any atom is 0.111 e. The molecule has 2 bridgehead atoms. The zero-order chi connectivity index (χ0) is 18.0. The maximum atomic E-state index is 10.8. The number of benzene rings is 2. The zero-order valence-electron chi connectivity index (χ0n) is 14.5. The first-order chi connectivity index (χ1) is 13.3. The average Bonchev–Trinajstić information content (AvgIpc) is 3.41. The Hall–Kier alpha value is -1.46. The number of thioether (sulfide) groups is 2. The monoisotopic (exact) mass is 406 g/mol. The maximum absolute atomic E-state index is 10.8. The van der Waals surface area contributed by atoms with Gasteiger partial charge in [-0.2, -0.15) is 0 Å². The molecule has 4 unspecified atom stereocenters. The summed E-state index contributed by atoms with van der Waals surface area (Å²) in [4.78, 5) is 1.31. The van der Waals surface area contributed by atoms with Gasteiger partial charge in [-0.3, -0.25) is 0 Å². The number of thiophene rings is 1. The van der Waals surface area contributed by atoms with E-state index in [0.29, 0.717) is 5.25 Å². The summed E-state index contributed by atoms with van der Waals surface area (Å²) in [6.45, 7) is 0. The predicted octanol–water partition coefficient (Wildman–Crippen LogP) is 6.71. The molecule has 27 heavy (non-hydrogen) atoms. The molecule has 1 aliphatic carbocycles. The molecule has 7 rings (SSSR count). The molecule has 1 N–H and O–H groups in total. The second-order valence-electron chi connectivity index (χ2n) is 7.33. The third-order valence-corrected chi connectivity index (χ3v) is 9.25. The summed E-state index contributed by atoms with van der Waals surface area (Å²) in [7, 11) is 0. The summed E-state index contributed by atoms with van der Waals surface area (Å²) in [5, 5.41) is 16.0. The molecule has 0 spiro atoms. The molecule has 0 saturated carbocycles. The summed E-state index contributed by atoms with van der Waals surface area (Å²) in [5.41, 5.74) is 7.76. The number of allylic oxidation sites excluding steroid dienone is 1. The van der Waals surface area contributed by atoms with Crippen LogP contribution in [0.15, 0.2) is 65.4 Å². The standard InChI is InChI=1S/C23H18OS3/c24-23-21-15-7-5-14(20-4-2-10-26-20)12-18(15)22(27-23)16-8-6-13(11-17(16)21)19-3-1-9-25-19/h1-2,4-12,19,21-24H,3H2. The smallest absolute Gasteiger partial charge is 0.111 e. The molecular weight excluding hydrogens is 388 g/mol. The van der Waals surface area contributed by atoms with Crippen molar-refractivity contribution in [1.82, 2.24) is 0 Å². The van der Waals surface area contributed by atoms with E-state index in [1.165, 1.54) is 38.3 Å². The second-order valence-corrected chi connectivity index (χ2v) is 10.6. The Bertz CT molecular complexity index is 1050. The van der Waals surface area contributed by atoms with Crippen LogP contribution in [-0.2, 0) is 0 Å². The molecule has 1 aromatic heterocycles. The average molecular weight is 407 g/mol. The lowest BCUT2D eigenvalue weighted by atomic mass is 9.76. The van der Waals surface area contributed by atoms with Crippen molar-refractivity contribution in [2.45, 2.75) is 28.3 Å². The highest BCUT2D eigenvalue weighted by molar-refractivity contribution is 8.02. The summed E-state index contributed by atoms with van der Waals surface area (Å²) in [6.07, 6.45) is 3.36. The van der Waals surface area contributed by atoms with Gasteiger partial charge < -0.3 is 5.11 Å². The number of fused-ring (bicyclic) bond motifs is 1. The molecule has 4 heteroatoms. The van der Waals surface area contributed by atoms with Crippen molar-refractivity contribution in [2.75, 3.05) is 0 Å². The molecule has 134 valence electrons. The van der Waals surface area contributed by atoms with Crippen molar-refractivity contribution in [3.05, 3.63) is 93.2 Å². The quantitative estimate of drug-likeness (QED) is 0.511. The Balaban J connectivity index is 1.47. The largest absolute Gasteiger partial charge is 0.381 e. The molecule has 3 aromatic rings. The van der Waals surface area contributed by atoms with Crippen LogP contribution in [0.2, 0.25) is 0 Å². The highest BCUT2D eigenvalue weighted by Crippen LogP contribution is 2.59. The van der Waals surface area contributed by atoms with Gasteiger partial charge in [0.15, 0.2) is 0 Å². The molecule has 2 aromatic carbocycles. The molecular formula is C23H18OS3. The molecule has 4 atom stereocenters. The predicted molar refractivity (Wildman–Crippen MR) is 118 cm³/mol. The first-order valence-electron chi connectivity index (χ1n) is 9.25. The highest BCUT2D eigenvalue weighted by atomic mass is 32.2. The van der Waals surface area contributed by atoms with Crippen LogP contribution in [0.3, 0.4) is 0 Å². The SMILES string of the molecule is OC1SC2c3cc(-c4cccs4)ccc3C1c1cc(C3CC=CS3)ccc12. The van der Waals surface area contributed by atoms with E-state index in [2.05, 4.69) is 65.4 Å². The summed E-state index contributed by atoms with van der Waals surface area (Å²) >= 11 is 5.40. The molecule has 0 radical (unpaired) electrons. The van der Waals surface area contributed by atoms with E-state index >= 15 is 0 Å². The van der Waals surface area contributed by atoms with Gasteiger partial charge >= 0.3 is 0 Å². The van der Waals surface area contributed by atoms with Gasteiger partial charge in [-0.25, -0.2) is 0 Å². The highest BCUT2D eigenvalue weighted by Gasteiger charge is 2.43. The number of hydrogen-bond acceptors (Lipinski definition) is 4. The first-order valence-corrected chi connectivity index (χ1v) is 12.0. The molecule has 0 amide bonds. The Morgan fingerprint density at radius 2 is 1.85 bits per heavy atom. The van der Waals surface area contributed by atoms with Gasteiger partial charge in [0.25, 0.3) is 0 Å². The van der Waals surface area contributed by atoms with Crippen molar-refractivity contribution in [1.29, 1.82) is 0 Å². The Kier molecular flexibility index (Phi) is 3.83. The van der Waals surface area contributed by atoms with E-state index in [-0.39, 0.29) is 16.6 Å². The molecule has 0 saturated heterocycles. The van der Waals surface area contributed by atoms with Crippen LogP contribution in [0, 0.1) is 0 Å². The van der Waals surface area contributed by atoms with Gasteiger partial charge in [-0.15, -0.1) is 34.9 Å². The second kappa shape index (κ2) is 6.28.